The largest absolute Gasteiger partial charge is 0.478 e. The predicted octanol–water partition coefficient (Wildman–Crippen LogP) is 13.5. The minimum atomic E-state index is -0.787. The topological polar surface area (TPSA) is 63.6 Å². The van der Waals surface area contributed by atoms with Crippen LogP contribution in [0, 0.1) is 0 Å². The van der Waals surface area contributed by atoms with Gasteiger partial charge in [-0.05, 0) is 33.1 Å². The highest BCUT2D eigenvalue weighted by Gasteiger charge is 2.02. The van der Waals surface area contributed by atoms with Gasteiger partial charge in [0.15, 0.2) is 0 Å². The Balaban J connectivity index is 0. The van der Waals surface area contributed by atoms with Crippen molar-refractivity contribution in [2.24, 2.45) is 0 Å². The van der Waals surface area contributed by atoms with E-state index in [1.54, 1.807) is 13.8 Å². The second kappa shape index (κ2) is 37.6. The van der Waals surface area contributed by atoms with Gasteiger partial charge in [-0.15, -0.1) is 0 Å². The molecule has 0 unspecified atom stereocenters. The number of hydrogen-bond acceptors (Lipinski definition) is 3. The molecule has 0 radical (unpaired) electrons. The van der Waals surface area contributed by atoms with Gasteiger partial charge >= 0.3 is 11.9 Å². The smallest absolute Gasteiger partial charge is 0.333 e. The average molecular weight is 621 g/mol. The molecule has 0 atom stereocenters. The number of aliphatic carboxylic acids is 1. The molecule has 0 amide bonds. The van der Waals surface area contributed by atoms with Gasteiger partial charge in [-0.1, -0.05) is 193 Å². The normalized spacial score (nSPS) is 11.2. The lowest BCUT2D eigenvalue weighted by Gasteiger charge is -2.04. The minimum Gasteiger partial charge on any atom is -0.478 e. The molecule has 4 heteroatoms. The van der Waals surface area contributed by atoms with E-state index < -0.39 is 5.97 Å². The number of unbranched alkanes of at least 4 members (excludes halogenated alkanes) is 27. The van der Waals surface area contributed by atoms with Crippen molar-refractivity contribution in [3.63, 3.8) is 0 Å². The molecule has 0 saturated carbocycles. The summed E-state index contributed by atoms with van der Waals surface area (Å²) in [7, 11) is 0. The zero-order valence-electron chi connectivity index (χ0n) is 30.2. The number of ether oxygens (including phenoxy) is 1. The summed E-state index contributed by atoms with van der Waals surface area (Å²) in [5.41, 5.74) is 0.972. The average Bonchev–Trinajstić information content (AvgIpc) is 3.01. The lowest BCUT2D eigenvalue weighted by Crippen LogP contribution is -2.05. The predicted molar refractivity (Wildman–Crippen MR) is 192 cm³/mol. The van der Waals surface area contributed by atoms with E-state index >= 15 is 0 Å². The van der Waals surface area contributed by atoms with Crippen LogP contribution in [0.5, 0.6) is 0 Å². The van der Waals surface area contributed by atoms with E-state index in [9.17, 15) is 9.59 Å². The zero-order chi connectivity index (χ0) is 32.9. The molecule has 44 heavy (non-hydrogen) atoms. The van der Waals surface area contributed by atoms with E-state index in [0.29, 0.717) is 17.8 Å². The Morgan fingerprint density at radius 3 is 1.11 bits per heavy atom. The zero-order valence-corrected chi connectivity index (χ0v) is 30.2. The third kappa shape index (κ3) is 38.4. The monoisotopic (exact) mass is 621 g/mol. The molecular formula is C40H76O4. The van der Waals surface area contributed by atoms with Crippen molar-refractivity contribution in [3.8, 4) is 0 Å². The van der Waals surface area contributed by atoms with Gasteiger partial charge in [0.25, 0.3) is 0 Å². The third-order valence-corrected chi connectivity index (χ3v) is 8.43. The van der Waals surface area contributed by atoms with Gasteiger partial charge in [0, 0.05) is 11.1 Å². The standard InChI is InChI=1S/2C20H38O2/c1-4-5-6-7-8-9-10-11-12-13-14-15-16-17-18-22-20(21)19(2)3;1-3-4-5-6-7-8-9-10-11-12-13-14-15-16-17-18-19(2)20(21)22/h2,4-18H2,1,3H3;18H,3-17H2,1-2H3,(H,21,22). The van der Waals surface area contributed by atoms with Gasteiger partial charge in [-0.25, -0.2) is 9.59 Å². The fraction of sp³-hybridized carbons (Fsp3) is 0.850. The van der Waals surface area contributed by atoms with Crippen molar-refractivity contribution >= 4 is 11.9 Å². The van der Waals surface area contributed by atoms with Crippen molar-refractivity contribution in [2.75, 3.05) is 6.61 Å². The molecule has 0 aliphatic rings. The second-order valence-electron chi connectivity index (χ2n) is 13.1. The number of hydrogen-bond donors (Lipinski definition) is 1. The summed E-state index contributed by atoms with van der Waals surface area (Å²) in [5.74, 6) is -1.04. The van der Waals surface area contributed by atoms with Crippen LogP contribution in [0.4, 0.5) is 0 Å². The highest BCUT2D eigenvalue weighted by atomic mass is 16.5. The van der Waals surface area contributed by atoms with Crippen LogP contribution >= 0.6 is 0 Å². The maximum atomic E-state index is 11.2. The Morgan fingerprint density at radius 2 is 0.818 bits per heavy atom. The molecule has 0 fully saturated rings. The van der Waals surface area contributed by atoms with Crippen LogP contribution in [0.3, 0.4) is 0 Å². The number of carbonyl (C=O) groups is 2. The minimum absolute atomic E-state index is 0.255. The summed E-state index contributed by atoms with van der Waals surface area (Å²) >= 11 is 0. The van der Waals surface area contributed by atoms with E-state index in [-0.39, 0.29) is 5.97 Å². The first kappa shape index (κ1) is 44.5. The summed E-state index contributed by atoms with van der Waals surface area (Å²) in [4.78, 5) is 21.8. The van der Waals surface area contributed by atoms with Crippen molar-refractivity contribution in [1.29, 1.82) is 0 Å². The lowest BCUT2D eigenvalue weighted by atomic mass is 10.0. The number of allylic oxidation sites excluding steroid dienone is 1. The van der Waals surface area contributed by atoms with Gasteiger partial charge < -0.3 is 9.84 Å². The van der Waals surface area contributed by atoms with E-state index in [2.05, 4.69) is 20.4 Å². The van der Waals surface area contributed by atoms with Gasteiger partial charge in [-0.2, -0.15) is 0 Å². The highest BCUT2D eigenvalue weighted by molar-refractivity contribution is 5.86. The maximum Gasteiger partial charge on any atom is 0.333 e. The number of esters is 1. The Labute approximate surface area is 275 Å². The van der Waals surface area contributed by atoms with Crippen LogP contribution in [0.1, 0.15) is 214 Å². The first-order valence-corrected chi connectivity index (χ1v) is 19.1. The molecule has 260 valence electrons. The number of rotatable bonds is 32. The fourth-order valence-electron chi connectivity index (χ4n) is 5.33. The second-order valence-corrected chi connectivity index (χ2v) is 13.1. The first-order valence-electron chi connectivity index (χ1n) is 19.1. The third-order valence-electron chi connectivity index (χ3n) is 8.43. The molecule has 0 aromatic carbocycles. The first-order chi connectivity index (χ1) is 21.4. The van der Waals surface area contributed by atoms with Crippen LogP contribution in [-0.2, 0) is 14.3 Å². The summed E-state index contributed by atoms with van der Waals surface area (Å²) in [5, 5.41) is 8.73. The van der Waals surface area contributed by atoms with E-state index in [1.165, 1.54) is 167 Å². The molecule has 0 rings (SSSR count). The SMILES string of the molecule is C=C(C)C(=O)OCCCCCCCCCCCCCCCC.CCCCCCCCCCCCCCCCC=C(C)C(=O)O. The summed E-state index contributed by atoms with van der Waals surface area (Å²) in [6.45, 7) is 12.0. The highest BCUT2D eigenvalue weighted by Crippen LogP contribution is 2.15. The Bertz CT molecular complexity index is 666. The molecule has 0 aromatic heterocycles. The van der Waals surface area contributed by atoms with E-state index in [4.69, 9.17) is 9.84 Å². The lowest BCUT2D eigenvalue weighted by molar-refractivity contribution is -0.139. The molecule has 0 saturated heterocycles. The molecular weight excluding hydrogens is 544 g/mol. The van der Waals surface area contributed by atoms with Crippen LogP contribution in [0.2, 0.25) is 0 Å². The molecule has 1 N–H and O–H groups in total. The quantitative estimate of drug-likeness (QED) is 0.0461. The van der Waals surface area contributed by atoms with E-state index in [1.807, 2.05) is 6.08 Å². The van der Waals surface area contributed by atoms with Crippen molar-refractivity contribution in [2.45, 2.75) is 214 Å². The van der Waals surface area contributed by atoms with Gasteiger partial charge in [0.05, 0.1) is 6.61 Å². The molecule has 0 bridgehead atoms. The van der Waals surface area contributed by atoms with Crippen molar-refractivity contribution in [3.05, 3.63) is 23.8 Å². The molecule has 0 spiro atoms. The maximum absolute atomic E-state index is 11.2. The molecule has 0 heterocycles. The van der Waals surface area contributed by atoms with Gasteiger partial charge in [-0.3, -0.25) is 0 Å². The Hall–Kier alpha value is -1.58. The Morgan fingerprint density at radius 1 is 0.523 bits per heavy atom. The Kier molecular flexibility index (Phi) is 38.1. The molecule has 0 aliphatic heterocycles. The molecule has 0 aliphatic carbocycles. The molecule has 0 aromatic rings. The number of carboxylic acids is 1. The molecule has 4 nitrogen and oxygen atoms in total. The van der Waals surface area contributed by atoms with Gasteiger partial charge in [0.2, 0.25) is 0 Å². The fourth-order valence-corrected chi connectivity index (χ4v) is 5.33. The van der Waals surface area contributed by atoms with Crippen LogP contribution in [0.15, 0.2) is 23.8 Å². The van der Waals surface area contributed by atoms with Crippen LogP contribution in [0.25, 0.3) is 0 Å². The van der Waals surface area contributed by atoms with E-state index in [0.717, 1.165) is 19.3 Å². The van der Waals surface area contributed by atoms with Crippen molar-refractivity contribution in [1.82, 2.24) is 0 Å². The summed E-state index contributed by atoms with van der Waals surface area (Å²) < 4.78 is 5.07. The number of carboxylic acid groups (broad SMARTS) is 1. The number of carbonyl (C=O) groups excluding carboxylic acids is 1. The van der Waals surface area contributed by atoms with Crippen molar-refractivity contribution < 1.29 is 19.4 Å². The summed E-state index contributed by atoms with van der Waals surface area (Å²) in [6, 6.07) is 0. The van der Waals surface area contributed by atoms with Crippen LogP contribution < -0.4 is 0 Å². The summed E-state index contributed by atoms with van der Waals surface area (Å²) in [6.07, 6.45) is 40.7. The van der Waals surface area contributed by atoms with Gasteiger partial charge in [0.1, 0.15) is 0 Å². The van der Waals surface area contributed by atoms with Crippen LogP contribution in [-0.4, -0.2) is 23.7 Å².